The summed E-state index contributed by atoms with van der Waals surface area (Å²) in [7, 11) is 1.34. The van der Waals surface area contributed by atoms with E-state index in [4.69, 9.17) is 5.73 Å². The van der Waals surface area contributed by atoms with E-state index in [2.05, 4.69) is 12.1 Å². The van der Waals surface area contributed by atoms with Gasteiger partial charge >= 0.3 is 0 Å². The predicted octanol–water partition coefficient (Wildman–Crippen LogP) is 1.38. The van der Waals surface area contributed by atoms with Gasteiger partial charge in [-0.05, 0) is 30.5 Å². The van der Waals surface area contributed by atoms with Crippen molar-refractivity contribution in [2.75, 3.05) is 5.73 Å². The number of nitrogen functional groups attached to an aromatic ring is 1. The fraction of sp³-hybridized carbons (Fsp3) is 0.400. The molecule has 0 heterocycles. The summed E-state index contributed by atoms with van der Waals surface area (Å²) in [5, 5.41) is 0. The Bertz CT molecular complexity index is 218. The van der Waals surface area contributed by atoms with Crippen molar-refractivity contribution >= 4 is 15.9 Å². The number of rotatable bonds is 4. The van der Waals surface area contributed by atoms with Crippen molar-refractivity contribution in [2.24, 2.45) is 0 Å². The molecule has 1 rings (SSSR count). The van der Waals surface area contributed by atoms with Gasteiger partial charge in [-0.3, -0.25) is 0 Å². The Balaban J connectivity index is 2.37. The van der Waals surface area contributed by atoms with E-state index >= 15 is 0 Å². The molecule has 1 nitrogen and oxygen atoms in total. The minimum atomic E-state index is 0.863. The van der Waals surface area contributed by atoms with E-state index in [9.17, 15) is 0 Å². The second-order valence-electron chi connectivity index (χ2n) is 3.20. The zero-order valence-corrected chi connectivity index (χ0v) is 9.72. The lowest BCUT2D eigenvalue weighted by molar-refractivity contribution is 0.794. The normalized spacial score (nSPS) is 10.3. The molecule has 0 atom stereocenters. The van der Waals surface area contributed by atoms with Crippen LogP contribution in [0.25, 0.3) is 0 Å². The molecule has 0 spiro atoms. The van der Waals surface area contributed by atoms with Crippen molar-refractivity contribution in [1.29, 1.82) is 0 Å². The van der Waals surface area contributed by atoms with E-state index in [-0.39, 0.29) is 0 Å². The van der Waals surface area contributed by atoms with Gasteiger partial charge in [0.25, 0.3) is 0 Å². The van der Waals surface area contributed by atoms with Gasteiger partial charge in [0.2, 0.25) is 0 Å². The maximum absolute atomic E-state index is 5.59. The van der Waals surface area contributed by atoms with E-state index in [0.29, 0.717) is 0 Å². The SMILES string of the molecule is Nc1ccc(CCCC[SiH3])cc1. The molecule has 12 heavy (non-hydrogen) atoms. The summed E-state index contributed by atoms with van der Waals surface area (Å²) in [6.45, 7) is 0. The van der Waals surface area contributed by atoms with Crippen molar-refractivity contribution in [3.63, 3.8) is 0 Å². The number of unbranched alkanes of at least 4 members (excludes halogenated alkanes) is 1. The number of hydrogen-bond acceptors (Lipinski definition) is 1. The molecule has 66 valence electrons. The van der Waals surface area contributed by atoms with Crippen LogP contribution in [0.4, 0.5) is 5.69 Å². The van der Waals surface area contributed by atoms with E-state index < -0.39 is 0 Å². The number of anilines is 1. The van der Waals surface area contributed by atoms with Gasteiger partial charge in [0, 0.05) is 15.9 Å². The van der Waals surface area contributed by atoms with Crippen molar-refractivity contribution in [2.45, 2.75) is 25.3 Å². The van der Waals surface area contributed by atoms with Crippen molar-refractivity contribution in [1.82, 2.24) is 0 Å². The monoisotopic (exact) mass is 179 g/mol. The molecule has 0 aliphatic heterocycles. The predicted molar refractivity (Wildman–Crippen MR) is 58.5 cm³/mol. The molecule has 0 bridgehead atoms. The van der Waals surface area contributed by atoms with Crippen LogP contribution in [0.5, 0.6) is 0 Å². The minimum Gasteiger partial charge on any atom is -0.399 e. The largest absolute Gasteiger partial charge is 0.399 e. The molecule has 0 unspecified atom stereocenters. The molecule has 0 aromatic heterocycles. The van der Waals surface area contributed by atoms with Gasteiger partial charge in [0.05, 0.1) is 0 Å². The highest BCUT2D eigenvalue weighted by Gasteiger charge is 1.91. The van der Waals surface area contributed by atoms with Gasteiger partial charge in [-0.15, -0.1) is 0 Å². The average Bonchev–Trinajstić information content (AvgIpc) is 2.09. The second-order valence-corrected chi connectivity index (χ2v) is 4.20. The molecule has 2 heteroatoms. The van der Waals surface area contributed by atoms with Crippen LogP contribution in [-0.2, 0) is 6.42 Å². The molecule has 0 radical (unpaired) electrons. The third kappa shape index (κ3) is 3.09. The third-order valence-corrected chi connectivity index (χ3v) is 2.76. The summed E-state index contributed by atoms with van der Waals surface area (Å²) >= 11 is 0. The van der Waals surface area contributed by atoms with E-state index in [1.807, 2.05) is 12.1 Å². The van der Waals surface area contributed by atoms with Crippen LogP contribution >= 0.6 is 0 Å². The molecule has 1 aromatic rings. The Labute approximate surface area is 77.4 Å². The summed E-state index contributed by atoms with van der Waals surface area (Å²) in [5.41, 5.74) is 7.87. The molecular formula is C10H17NSi. The van der Waals surface area contributed by atoms with Gasteiger partial charge in [-0.1, -0.05) is 24.6 Å². The van der Waals surface area contributed by atoms with E-state index in [1.165, 1.54) is 41.1 Å². The molecule has 2 N–H and O–H groups in total. The lowest BCUT2D eigenvalue weighted by Gasteiger charge is -2.00. The molecule has 0 saturated carbocycles. The van der Waals surface area contributed by atoms with Crippen LogP contribution in [0.3, 0.4) is 0 Å². The van der Waals surface area contributed by atoms with E-state index in [0.717, 1.165) is 5.69 Å². The van der Waals surface area contributed by atoms with Gasteiger partial charge in [-0.25, -0.2) is 0 Å². The Hall–Kier alpha value is -0.763. The topological polar surface area (TPSA) is 26.0 Å². The van der Waals surface area contributed by atoms with Gasteiger partial charge < -0.3 is 5.73 Å². The number of hydrogen-bond donors (Lipinski definition) is 1. The van der Waals surface area contributed by atoms with Crippen LogP contribution in [-0.4, -0.2) is 10.2 Å². The minimum absolute atomic E-state index is 0.863. The van der Waals surface area contributed by atoms with Crippen molar-refractivity contribution in [3.8, 4) is 0 Å². The first kappa shape index (κ1) is 9.33. The second kappa shape index (κ2) is 4.98. The van der Waals surface area contributed by atoms with Gasteiger partial charge in [0.1, 0.15) is 0 Å². The fourth-order valence-electron chi connectivity index (χ4n) is 1.26. The number of benzene rings is 1. The first-order valence-electron chi connectivity index (χ1n) is 4.67. The van der Waals surface area contributed by atoms with Crippen LogP contribution < -0.4 is 5.73 Å². The Kier molecular flexibility index (Phi) is 3.87. The zero-order valence-electron chi connectivity index (χ0n) is 7.72. The molecule has 0 amide bonds. The first-order chi connectivity index (χ1) is 5.83. The summed E-state index contributed by atoms with van der Waals surface area (Å²) in [6, 6.07) is 9.64. The van der Waals surface area contributed by atoms with E-state index in [1.54, 1.807) is 0 Å². The lowest BCUT2D eigenvalue weighted by Crippen LogP contribution is -1.87. The quantitative estimate of drug-likeness (QED) is 0.422. The Morgan fingerprint density at radius 1 is 1.08 bits per heavy atom. The zero-order chi connectivity index (χ0) is 8.81. The standard InChI is InChI=1S/C10H17NSi/c11-10-6-4-9(5-7-10)3-1-2-8-12/h4-7H,1-3,8,11H2,12H3. The van der Waals surface area contributed by atoms with Crippen LogP contribution in [0.15, 0.2) is 24.3 Å². The molecule has 0 saturated heterocycles. The van der Waals surface area contributed by atoms with Crippen LogP contribution in [0, 0.1) is 0 Å². The van der Waals surface area contributed by atoms with Crippen molar-refractivity contribution in [3.05, 3.63) is 29.8 Å². The highest BCUT2D eigenvalue weighted by molar-refractivity contribution is 6.08. The molecule has 0 fully saturated rings. The molecule has 1 aromatic carbocycles. The summed E-state index contributed by atoms with van der Waals surface area (Å²) < 4.78 is 0. The third-order valence-electron chi connectivity index (χ3n) is 2.05. The van der Waals surface area contributed by atoms with Crippen molar-refractivity contribution < 1.29 is 0 Å². The van der Waals surface area contributed by atoms with Gasteiger partial charge in [-0.2, -0.15) is 0 Å². The number of nitrogens with two attached hydrogens (primary N) is 1. The fourth-order valence-corrected chi connectivity index (χ4v) is 1.76. The Morgan fingerprint density at radius 3 is 2.33 bits per heavy atom. The highest BCUT2D eigenvalue weighted by Crippen LogP contribution is 2.09. The first-order valence-corrected chi connectivity index (χ1v) is 6.08. The highest BCUT2D eigenvalue weighted by atomic mass is 28.1. The molecular weight excluding hydrogens is 162 g/mol. The average molecular weight is 179 g/mol. The van der Waals surface area contributed by atoms with Crippen LogP contribution in [0.1, 0.15) is 18.4 Å². The maximum Gasteiger partial charge on any atom is 0.0314 e. The molecule has 0 aliphatic rings. The smallest absolute Gasteiger partial charge is 0.0314 e. The summed E-state index contributed by atoms with van der Waals surface area (Å²) in [4.78, 5) is 0. The van der Waals surface area contributed by atoms with Gasteiger partial charge in [0.15, 0.2) is 0 Å². The lowest BCUT2D eigenvalue weighted by atomic mass is 10.1. The Morgan fingerprint density at radius 2 is 1.75 bits per heavy atom. The number of aryl methyl sites for hydroxylation is 1. The molecule has 0 aliphatic carbocycles. The summed E-state index contributed by atoms with van der Waals surface area (Å²) in [5.74, 6) is 0. The summed E-state index contributed by atoms with van der Waals surface area (Å²) in [6.07, 6.45) is 3.92. The maximum atomic E-state index is 5.59. The van der Waals surface area contributed by atoms with Crippen LogP contribution in [0.2, 0.25) is 6.04 Å².